The molecule has 0 spiro atoms. The zero-order valence-electron chi connectivity index (χ0n) is 11.1. The maximum Gasteiger partial charge on any atom is 0.183 e. The van der Waals surface area contributed by atoms with Crippen molar-refractivity contribution in [1.82, 2.24) is 0 Å². The van der Waals surface area contributed by atoms with Crippen LogP contribution in [0.2, 0.25) is 5.02 Å². The Balaban J connectivity index is 1.90. The Morgan fingerprint density at radius 2 is 1.95 bits per heavy atom. The second-order valence-corrected chi connectivity index (χ2v) is 4.95. The maximum atomic E-state index is 13.8. The van der Waals surface area contributed by atoms with Crippen LogP contribution in [0.15, 0.2) is 46.9 Å². The van der Waals surface area contributed by atoms with Gasteiger partial charge in [0, 0.05) is 17.5 Å². The lowest BCUT2D eigenvalue weighted by molar-refractivity contribution is 0.260. The van der Waals surface area contributed by atoms with E-state index in [4.69, 9.17) is 26.5 Å². The Bertz CT molecular complexity index is 785. The first-order chi connectivity index (χ1) is 10.2. The van der Waals surface area contributed by atoms with Crippen molar-refractivity contribution in [2.24, 2.45) is 5.73 Å². The highest BCUT2D eigenvalue weighted by molar-refractivity contribution is 6.30. The summed E-state index contributed by atoms with van der Waals surface area (Å²) in [6.45, 7) is 0.423. The summed E-state index contributed by atoms with van der Waals surface area (Å²) in [5.74, 6) is 0.105. The monoisotopic (exact) mass is 305 g/mol. The van der Waals surface area contributed by atoms with Crippen LogP contribution in [0.3, 0.4) is 0 Å². The number of fused-ring (bicyclic) bond motifs is 1. The Kier molecular flexibility index (Phi) is 3.82. The molecule has 0 fully saturated rings. The Morgan fingerprint density at radius 1 is 1.14 bits per heavy atom. The van der Waals surface area contributed by atoms with Crippen LogP contribution in [0.25, 0.3) is 11.0 Å². The van der Waals surface area contributed by atoms with Gasteiger partial charge < -0.3 is 14.9 Å². The van der Waals surface area contributed by atoms with Crippen molar-refractivity contribution in [2.45, 2.75) is 13.2 Å². The van der Waals surface area contributed by atoms with Crippen LogP contribution >= 0.6 is 11.6 Å². The van der Waals surface area contributed by atoms with E-state index in [9.17, 15) is 4.39 Å². The second-order valence-electron chi connectivity index (χ2n) is 4.54. The summed E-state index contributed by atoms with van der Waals surface area (Å²) >= 11 is 5.72. The number of hydrogen-bond acceptors (Lipinski definition) is 3. The topological polar surface area (TPSA) is 48.4 Å². The van der Waals surface area contributed by atoms with E-state index in [1.807, 2.05) is 24.3 Å². The molecule has 0 aliphatic rings. The second kappa shape index (κ2) is 5.76. The number of furan rings is 1. The SMILES string of the molecule is NCc1c(COc2cccc(Cl)c2F)oc2ccccc12. The summed E-state index contributed by atoms with van der Waals surface area (Å²) in [6, 6.07) is 12.2. The molecule has 3 aromatic rings. The number of benzene rings is 2. The van der Waals surface area contributed by atoms with Gasteiger partial charge in [-0.3, -0.25) is 0 Å². The first kappa shape index (κ1) is 13.9. The van der Waals surface area contributed by atoms with E-state index >= 15 is 0 Å². The molecular weight excluding hydrogens is 293 g/mol. The normalized spacial score (nSPS) is 11.0. The number of para-hydroxylation sites is 1. The molecule has 0 unspecified atom stereocenters. The minimum atomic E-state index is -0.579. The fraction of sp³-hybridized carbons (Fsp3) is 0.125. The van der Waals surface area contributed by atoms with E-state index in [0.29, 0.717) is 12.3 Å². The molecule has 0 bridgehead atoms. The van der Waals surface area contributed by atoms with Gasteiger partial charge in [-0.25, -0.2) is 4.39 Å². The van der Waals surface area contributed by atoms with Crippen LogP contribution in [0.5, 0.6) is 5.75 Å². The van der Waals surface area contributed by atoms with Crippen molar-refractivity contribution in [1.29, 1.82) is 0 Å². The van der Waals surface area contributed by atoms with Crippen molar-refractivity contribution >= 4 is 22.6 Å². The van der Waals surface area contributed by atoms with Gasteiger partial charge in [-0.1, -0.05) is 35.9 Å². The lowest BCUT2D eigenvalue weighted by atomic mass is 10.1. The van der Waals surface area contributed by atoms with E-state index < -0.39 is 5.82 Å². The minimum Gasteiger partial charge on any atom is -0.483 e. The van der Waals surface area contributed by atoms with Crippen molar-refractivity contribution in [3.05, 3.63) is 64.6 Å². The predicted molar refractivity (Wildman–Crippen MR) is 79.8 cm³/mol. The molecule has 1 heterocycles. The fourth-order valence-electron chi connectivity index (χ4n) is 2.23. The van der Waals surface area contributed by atoms with Crippen molar-refractivity contribution in [3.8, 4) is 5.75 Å². The minimum absolute atomic E-state index is 0.0242. The van der Waals surface area contributed by atoms with E-state index in [2.05, 4.69) is 0 Å². The number of rotatable bonds is 4. The number of nitrogens with two attached hydrogens (primary N) is 1. The van der Waals surface area contributed by atoms with Gasteiger partial charge in [-0.05, 0) is 18.2 Å². The third-order valence-electron chi connectivity index (χ3n) is 3.26. The molecule has 2 N–H and O–H groups in total. The molecule has 21 heavy (non-hydrogen) atoms. The highest BCUT2D eigenvalue weighted by Gasteiger charge is 2.14. The maximum absolute atomic E-state index is 13.8. The predicted octanol–water partition coefficient (Wildman–Crippen LogP) is 4.26. The number of hydrogen-bond donors (Lipinski definition) is 1. The summed E-state index contributed by atoms with van der Waals surface area (Å²) in [5, 5.41) is 0.973. The summed E-state index contributed by atoms with van der Waals surface area (Å²) in [5.41, 5.74) is 7.38. The van der Waals surface area contributed by atoms with Crippen molar-refractivity contribution in [3.63, 3.8) is 0 Å². The molecule has 0 amide bonds. The van der Waals surface area contributed by atoms with Gasteiger partial charge in [0.15, 0.2) is 11.6 Å². The van der Waals surface area contributed by atoms with Crippen molar-refractivity contribution < 1.29 is 13.5 Å². The Labute approximate surface area is 126 Å². The fourth-order valence-corrected chi connectivity index (χ4v) is 2.39. The van der Waals surface area contributed by atoms with Gasteiger partial charge in [0.25, 0.3) is 0 Å². The number of halogens is 2. The molecule has 5 heteroatoms. The number of ether oxygens (including phenoxy) is 1. The molecule has 2 aromatic carbocycles. The first-order valence-electron chi connectivity index (χ1n) is 6.47. The van der Waals surface area contributed by atoms with Crippen LogP contribution in [0.4, 0.5) is 4.39 Å². The van der Waals surface area contributed by atoms with E-state index in [1.54, 1.807) is 6.07 Å². The average molecular weight is 306 g/mol. The van der Waals surface area contributed by atoms with Gasteiger partial charge >= 0.3 is 0 Å². The van der Waals surface area contributed by atoms with E-state index in [-0.39, 0.29) is 17.4 Å². The molecule has 3 rings (SSSR count). The molecule has 0 atom stereocenters. The molecule has 1 aromatic heterocycles. The standard InChI is InChI=1S/C16H13ClFNO2/c17-12-5-3-7-14(16(12)18)20-9-15-11(8-19)10-4-1-2-6-13(10)21-15/h1-7H,8-9,19H2. The molecule has 0 radical (unpaired) electrons. The third kappa shape index (κ3) is 2.60. The summed E-state index contributed by atoms with van der Waals surface area (Å²) < 4.78 is 25.0. The summed E-state index contributed by atoms with van der Waals surface area (Å²) in [4.78, 5) is 0. The van der Waals surface area contributed by atoms with Crippen LogP contribution in [-0.4, -0.2) is 0 Å². The van der Waals surface area contributed by atoms with Gasteiger partial charge in [-0.15, -0.1) is 0 Å². The molecule has 0 aliphatic heterocycles. The summed E-state index contributed by atoms with van der Waals surface area (Å²) in [7, 11) is 0. The van der Waals surface area contributed by atoms with Gasteiger partial charge in [0.05, 0.1) is 5.02 Å². The molecule has 108 valence electrons. The quantitative estimate of drug-likeness (QED) is 0.783. The molecular formula is C16H13ClFNO2. The highest BCUT2D eigenvalue weighted by Crippen LogP contribution is 2.28. The highest BCUT2D eigenvalue weighted by atomic mass is 35.5. The molecule has 0 saturated carbocycles. The molecule has 0 saturated heterocycles. The Morgan fingerprint density at radius 3 is 2.76 bits per heavy atom. The average Bonchev–Trinajstić information content (AvgIpc) is 2.86. The van der Waals surface area contributed by atoms with Gasteiger partial charge in [-0.2, -0.15) is 0 Å². The molecule has 3 nitrogen and oxygen atoms in total. The van der Waals surface area contributed by atoms with Gasteiger partial charge in [0.2, 0.25) is 0 Å². The lowest BCUT2D eigenvalue weighted by Gasteiger charge is -2.07. The zero-order chi connectivity index (χ0) is 14.8. The lowest BCUT2D eigenvalue weighted by Crippen LogP contribution is -2.03. The largest absolute Gasteiger partial charge is 0.483 e. The molecule has 0 aliphatic carbocycles. The van der Waals surface area contributed by atoms with Crippen LogP contribution < -0.4 is 10.5 Å². The zero-order valence-corrected chi connectivity index (χ0v) is 11.9. The van der Waals surface area contributed by atoms with Gasteiger partial charge in [0.1, 0.15) is 18.0 Å². The van der Waals surface area contributed by atoms with E-state index in [0.717, 1.165) is 16.5 Å². The summed E-state index contributed by atoms with van der Waals surface area (Å²) in [6.07, 6.45) is 0. The first-order valence-corrected chi connectivity index (χ1v) is 6.84. The third-order valence-corrected chi connectivity index (χ3v) is 3.55. The van der Waals surface area contributed by atoms with Crippen LogP contribution in [0, 0.1) is 5.82 Å². The Hall–Kier alpha value is -2.04. The van der Waals surface area contributed by atoms with E-state index in [1.165, 1.54) is 12.1 Å². The van der Waals surface area contributed by atoms with Crippen LogP contribution in [-0.2, 0) is 13.2 Å². The smallest absolute Gasteiger partial charge is 0.183 e. The van der Waals surface area contributed by atoms with Crippen LogP contribution in [0.1, 0.15) is 11.3 Å². The van der Waals surface area contributed by atoms with Crippen molar-refractivity contribution in [2.75, 3.05) is 0 Å².